The van der Waals surface area contributed by atoms with Gasteiger partial charge < -0.3 is 4.18 Å². The Bertz CT molecular complexity index is 756. The van der Waals surface area contributed by atoms with E-state index in [0.717, 1.165) is 13.1 Å². The molecule has 0 saturated carbocycles. The summed E-state index contributed by atoms with van der Waals surface area (Å²) in [6.07, 6.45) is 8.90. The summed E-state index contributed by atoms with van der Waals surface area (Å²) in [6, 6.07) is 0. The van der Waals surface area contributed by atoms with Crippen molar-refractivity contribution >= 4 is 28.5 Å². The molecule has 0 aromatic rings. The van der Waals surface area contributed by atoms with Crippen LogP contribution in [0.1, 0.15) is 12.8 Å². The predicted molar refractivity (Wildman–Crippen MR) is 118 cm³/mol. The minimum absolute atomic E-state index is 0.128. The molecular weight excluding hydrogens is 524 g/mol. The molecule has 0 amide bonds. The molecular formula is C20H33F3N2O3SSn. The third kappa shape index (κ3) is 9.15. The number of hydrogen-bond acceptors (Lipinski definition) is 5. The van der Waals surface area contributed by atoms with E-state index in [1.165, 1.54) is 19.0 Å². The molecule has 10 heteroatoms. The summed E-state index contributed by atoms with van der Waals surface area (Å²) in [5, 5.41) is 0. The molecule has 0 aromatic carbocycles. The van der Waals surface area contributed by atoms with Crippen molar-refractivity contribution in [3.63, 3.8) is 0 Å². The third-order valence-electron chi connectivity index (χ3n) is 4.78. The van der Waals surface area contributed by atoms with Crippen molar-refractivity contribution in [3.8, 4) is 0 Å². The molecule has 2 aliphatic rings. The van der Waals surface area contributed by atoms with Gasteiger partial charge in [0.2, 0.25) is 0 Å². The maximum atomic E-state index is 12.0. The quantitative estimate of drug-likeness (QED) is 0.202. The fourth-order valence-electron chi connectivity index (χ4n) is 3.05. The molecule has 0 spiro atoms. The van der Waals surface area contributed by atoms with Crippen LogP contribution in [0.2, 0.25) is 14.8 Å². The van der Waals surface area contributed by atoms with Crippen molar-refractivity contribution in [2.24, 2.45) is 0 Å². The van der Waals surface area contributed by atoms with Gasteiger partial charge in [-0.15, -0.1) is 6.58 Å². The van der Waals surface area contributed by atoms with Gasteiger partial charge >= 0.3 is 102 Å². The molecule has 30 heavy (non-hydrogen) atoms. The van der Waals surface area contributed by atoms with Crippen molar-refractivity contribution in [1.82, 2.24) is 9.80 Å². The Labute approximate surface area is 182 Å². The summed E-state index contributed by atoms with van der Waals surface area (Å²) in [6.45, 7) is 12.1. The normalized spacial score (nSPS) is 19.1. The Kier molecular flexibility index (Phi) is 10.7. The van der Waals surface area contributed by atoms with Crippen LogP contribution in [-0.4, -0.2) is 81.4 Å². The van der Waals surface area contributed by atoms with E-state index in [1.54, 1.807) is 6.08 Å². The molecule has 0 radical (unpaired) electrons. The molecule has 2 heterocycles. The van der Waals surface area contributed by atoms with Crippen LogP contribution in [0.3, 0.4) is 0 Å². The number of alkyl halides is 3. The second-order valence-corrected chi connectivity index (χ2v) is 24.4. The average molecular weight is 557 g/mol. The maximum absolute atomic E-state index is 12.0. The van der Waals surface area contributed by atoms with Crippen molar-refractivity contribution in [1.29, 1.82) is 0 Å². The zero-order valence-electron chi connectivity index (χ0n) is 18.0. The minimum atomic E-state index is -5.53. The Morgan fingerprint density at radius 3 is 1.87 bits per heavy atom. The van der Waals surface area contributed by atoms with Crippen LogP contribution in [0.4, 0.5) is 13.2 Å². The number of halogens is 3. The Morgan fingerprint density at radius 2 is 1.53 bits per heavy atom. The first kappa shape index (κ1) is 27.3. The van der Waals surface area contributed by atoms with Gasteiger partial charge in [0.1, 0.15) is 5.76 Å². The molecule has 0 atom stereocenters. The van der Waals surface area contributed by atoms with E-state index < -0.39 is 34.0 Å². The van der Waals surface area contributed by atoms with Crippen molar-refractivity contribution in [3.05, 3.63) is 46.8 Å². The molecule has 0 bridgehead atoms. The first-order chi connectivity index (χ1) is 13.8. The van der Waals surface area contributed by atoms with Gasteiger partial charge in [-0.3, -0.25) is 4.90 Å². The van der Waals surface area contributed by atoms with Gasteiger partial charge in [-0.2, -0.15) is 21.6 Å². The summed E-state index contributed by atoms with van der Waals surface area (Å²) in [5.74, 6) is -0.164. The molecule has 0 saturated heterocycles. The van der Waals surface area contributed by atoms with E-state index in [1.807, 2.05) is 14.6 Å². The molecule has 0 fully saturated rings. The fourth-order valence-corrected chi connectivity index (χ4v) is 8.04. The second-order valence-electron chi connectivity index (χ2n) is 8.23. The second kappa shape index (κ2) is 11.7. The summed E-state index contributed by atoms with van der Waals surface area (Å²) >= 11 is -1.70. The van der Waals surface area contributed by atoms with E-state index >= 15 is 0 Å². The summed E-state index contributed by atoms with van der Waals surface area (Å²) < 4.78 is 63.3. The number of nitrogens with zero attached hydrogens (tertiary/aromatic N) is 2. The average Bonchev–Trinajstić information content (AvgIpc) is 2.63. The van der Waals surface area contributed by atoms with Gasteiger partial charge in [-0.25, -0.2) is 0 Å². The van der Waals surface area contributed by atoms with E-state index in [4.69, 9.17) is 0 Å². The van der Waals surface area contributed by atoms with Crippen LogP contribution >= 0.6 is 0 Å². The van der Waals surface area contributed by atoms with Gasteiger partial charge in [0, 0.05) is 26.1 Å². The van der Waals surface area contributed by atoms with Crippen LogP contribution < -0.4 is 0 Å². The molecule has 0 N–H and O–H groups in total. The van der Waals surface area contributed by atoms with E-state index in [2.05, 4.69) is 43.1 Å². The summed E-state index contributed by atoms with van der Waals surface area (Å²) in [7, 11) is -5.53. The molecule has 0 aromatic heterocycles. The topological polar surface area (TPSA) is 49.9 Å². The molecule has 0 unspecified atom stereocenters. The van der Waals surface area contributed by atoms with Crippen LogP contribution in [0.15, 0.2) is 46.8 Å². The van der Waals surface area contributed by atoms with E-state index in [0.29, 0.717) is 19.6 Å². The third-order valence-corrected chi connectivity index (χ3v) is 12.6. The van der Waals surface area contributed by atoms with Crippen molar-refractivity contribution in [2.75, 3.05) is 39.3 Å². The van der Waals surface area contributed by atoms with Crippen LogP contribution in [0.5, 0.6) is 0 Å². The first-order valence-corrected chi connectivity index (χ1v) is 21.3. The van der Waals surface area contributed by atoms with Gasteiger partial charge in [0.15, 0.2) is 0 Å². The van der Waals surface area contributed by atoms with Crippen molar-refractivity contribution in [2.45, 2.75) is 33.2 Å². The van der Waals surface area contributed by atoms with Gasteiger partial charge in [-0.1, -0.05) is 6.08 Å². The number of hydrogen-bond donors (Lipinski definition) is 0. The SMILES string of the molecule is C=CCN1CC=C(OS(=O)(=O)C(F)(F)F)CC1.C=CCN1CC=[C]([Sn]([CH3])([CH3])[CH3])CC1. The standard InChI is InChI=1S/C9H12F3NO3S.C8H12N.3CH3.Sn/c1-2-5-13-6-3-8(4-7-13)16-17(14,15)9(10,11)12;1-2-6-9-7-4-3-5-8-9;;;;/h2-3H,1,4-7H2;2,4H,1,5-8H2;3*1H3;. The van der Waals surface area contributed by atoms with Gasteiger partial charge in [0.05, 0.1) is 0 Å². The summed E-state index contributed by atoms with van der Waals surface area (Å²) in [5.41, 5.74) is -5.38. The van der Waals surface area contributed by atoms with E-state index in [-0.39, 0.29) is 12.2 Å². The van der Waals surface area contributed by atoms with Gasteiger partial charge in [0.25, 0.3) is 0 Å². The van der Waals surface area contributed by atoms with Crippen LogP contribution in [0, 0.1) is 0 Å². The fraction of sp³-hybridized carbons (Fsp3) is 0.600. The Morgan fingerprint density at radius 1 is 1.03 bits per heavy atom. The van der Waals surface area contributed by atoms with E-state index in [9.17, 15) is 21.6 Å². The Balaban J connectivity index is 0.000000311. The van der Waals surface area contributed by atoms with Gasteiger partial charge in [-0.05, 0) is 6.08 Å². The molecule has 0 aliphatic carbocycles. The number of rotatable bonds is 7. The zero-order chi connectivity index (χ0) is 23.0. The van der Waals surface area contributed by atoms with Crippen LogP contribution in [0.25, 0.3) is 0 Å². The predicted octanol–water partition coefficient (Wildman–Crippen LogP) is 4.31. The zero-order valence-corrected chi connectivity index (χ0v) is 21.7. The molecule has 2 aliphatic heterocycles. The molecule has 2 rings (SSSR count). The van der Waals surface area contributed by atoms with Crippen molar-refractivity contribution < 1.29 is 25.8 Å². The molecule has 172 valence electrons. The Hall–Kier alpha value is -0.781. The monoisotopic (exact) mass is 558 g/mol. The molecule has 5 nitrogen and oxygen atoms in total. The summed E-state index contributed by atoms with van der Waals surface area (Å²) in [4.78, 5) is 11.9. The van der Waals surface area contributed by atoms with Crippen LogP contribution in [-0.2, 0) is 14.3 Å². The first-order valence-electron chi connectivity index (χ1n) is 9.86.